The van der Waals surface area contributed by atoms with Crippen LogP contribution in [0.25, 0.3) is 16.6 Å². The number of aldehydes is 1. The minimum absolute atomic E-state index is 0.0518. The van der Waals surface area contributed by atoms with Crippen LogP contribution in [0, 0.1) is 0 Å². The van der Waals surface area contributed by atoms with Crippen LogP contribution >= 0.6 is 15.9 Å². The highest BCUT2D eigenvalue weighted by molar-refractivity contribution is 9.10. The van der Waals surface area contributed by atoms with Crippen molar-refractivity contribution in [1.82, 2.24) is 4.57 Å². The van der Waals surface area contributed by atoms with Crippen LogP contribution in [0.15, 0.2) is 70.6 Å². The van der Waals surface area contributed by atoms with E-state index in [4.69, 9.17) is 0 Å². The Morgan fingerprint density at radius 1 is 1.08 bits per heavy atom. The van der Waals surface area contributed by atoms with Gasteiger partial charge in [0.15, 0.2) is 16.1 Å². The second-order valence-corrected chi connectivity index (χ2v) is 8.12. The summed E-state index contributed by atoms with van der Waals surface area (Å²) < 4.78 is 27.9. The van der Waals surface area contributed by atoms with Crippen molar-refractivity contribution in [2.45, 2.75) is 4.90 Å². The van der Waals surface area contributed by atoms with E-state index in [0.717, 1.165) is 10.2 Å². The summed E-state index contributed by atoms with van der Waals surface area (Å²) in [6, 6.07) is 14.4. The molecular weight excluding hydrogens is 390 g/mol. The van der Waals surface area contributed by atoms with Gasteiger partial charge in [-0.3, -0.25) is 4.79 Å². The Morgan fingerprint density at radius 3 is 2.38 bits per heavy atom. The van der Waals surface area contributed by atoms with E-state index in [1.165, 1.54) is 6.08 Å². The van der Waals surface area contributed by atoms with Crippen molar-refractivity contribution >= 4 is 43.0 Å². The molecule has 0 spiro atoms. The van der Waals surface area contributed by atoms with E-state index >= 15 is 0 Å². The zero-order valence-corrected chi connectivity index (χ0v) is 15.0. The van der Waals surface area contributed by atoms with Crippen LogP contribution in [0.3, 0.4) is 0 Å². The molecule has 1 aromatic heterocycles. The molecule has 0 saturated carbocycles. The Balaban J connectivity index is 2.45. The Labute approximate surface area is 148 Å². The molecule has 0 fully saturated rings. The summed E-state index contributed by atoms with van der Waals surface area (Å²) in [7, 11) is -3.65. The van der Waals surface area contributed by atoms with Gasteiger partial charge in [0.2, 0.25) is 0 Å². The topological polar surface area (TPSA) is 56.1 Å². The number of carbonyl (C=O) groups excluding carboxylic acids is 1. The molecule has 24 heavy (non-hydrogen) atoms. The van der Waals surface area contributed by atoms with E-state index in [-0.39, 0.29) is 16.3 Å². The largest absolute Gasteiger partial charge is 0.306 e. The summed E-state index contributed by atoms with van der Waals surface area (Å²) in [5.41, 5.74) is 1.52. The minimum Gasteiger partial charge on any atom is -0.306 e. The second kappa shape index (κ2) is 6.37. The fraction of sp³-hybridized carbons (Fsp3) is 0.0556. The predicted octanol–water partition coefficient (Wildman–Crippen LogP) is 4.17. The van der Waals surface area contributed by atoms with Gasteiger partial charge in [0.25, 0.3) is 0 Å². The Kier molecular flexibility index (Phi) is 4.43. The molecule has 0 aliphatic heterocycles. The van der Waals surface area contributed by atoms with Gasteiger partial charge in [-0.15, -0.1) is 6.58 Å². The van der Waals surface area contributed by atoms with Gasteiger partial charge in [0, 0.05) is 15.5 Å². The molecule has 0 N–H and O–H groups in total. The standard InChI is InChI=1S/C18H14BrNO3S/c1-2-11-24(22,23)18-15-5-3-4-6-16(15)20(17(18)12-21)14-9-7-13(19)8-10-14/h2-10,12H,1,11H2. The van der Waals surface area contributed by atoms with E-state index < -0.39 is 9.84 Å². The number of carbonyl (C=O) groups is 1. The number of halogens is 1. The second-order valence-electron chi connectivity index (χ2n) is 5.23. The molecule has 0 saturated heterocycles. The molecule has 3 aromatic rings. The molecule has 0 bridgehead atoms. The lowest BCUT2D eigenvalue weighted by molar-refractivity contribution is 0.111. The van der Waals surface area contributed by atoms with Crippen molar-refractivity contribution in [3.63, 3.8) is 0 Å². The summed E-state index contributed by atoms with van der Waals surface area (Å²) in [5, 5.41) is 0.532. The molecule has 6 heteroatoms. The fourth-order valence-corrected chi connectivity index (χ4v) is 4.48. The SMILES string of the molecule is C=CCS(=O)(=O)c1c(C=O)n(-c2ccc(Br)cc2)c2ccccc12. The highest BCUT2D eigenvalue weighted by Crippen LogP contribution is 2.33. The van der Waals surface area contributed by atoms with Gasteiger partial charge in [0.05, 0.1) is 11.3 Å². The van der Waals surface area contributed by atoms with Crippen LogP contribution in [0.4, 0.5) is 0 Å². The number of aromatic nitrogens is 1. The number of hydrogen-bond acceptors (Lipinski definition) is 3. The van der Waals surface area contributed by atoms with Crippen molar-refractivity contribution < 1.29 is 13.2 Å². The lowest BCUT2D eigenvalue weighted by atomic mass is 10.2. The number of rotatable bonds is 5. The molecular formula is C18H14BrNO3S. The molecule has 1 heterocycles. The zero-order chi connectivity index (χ0) is 17.3. The quantitative estimate of drug-likeness (QED) is 0.474. The van der Waals surface area contributed by atoms with Gasteiger partial charge in [0.1, 0.15) is 10.6 Å². The molecule has 0 amide bonds. The molecule has 0 radical (unpaired) electrons. The van der Waals surface area contributed by atoms with Gasteiger partial charge < -0.3 is 4.57 Å². The molecule has 0 aliphatic carbocycles. The summed E-state index contributed by atoms with van der Waals surface area (Å²) in [6.45, 7) is 3.50. The van der Waals surface area contributed by atoms with Crippen molar-refractivity contribution in [3.8, 4) is 5.69 Å². The van der Waals surface area contributed by atoms with Crippen LogP contribution in [0.2, 0.25) is 0 Å². The Hall–Kier alpha value is -2.18. The third-order valence-corrected chi connectivity index (χ3v) is 5.96. The first-order valence-electron chi connectivity index (χ1n) is 7.18. The normalized spacial score (nSPS) is 11.5. The number of fused-ring (bicyclic) bond motifs is 1. The number of sulfone groups is 1. The summed E-state index contributed by atoms with van der Waals surface area (Å²) in [5.74, 6) is -0.220. The van der Waals surface area contributed by atoms with E-state index in [1.54, 1.807) is 22.8 Å². The van der Waals surface area contributed by atoms with Crippen LogP contribution in [0.1, 0.15) is 10.5 Å². The Bertz CT molecular complexity index is 1030. The zero-order valence-electron chi connectivity index (χ0n) is 12.6. The molecule has 0 aliphatic rings. The predicted molar refractivity (Wildman–Crippen MR) is 98.6 cm³/mol. The maximum absolute atomic E-state index is 12.7. The van der Waals surface area contributed by atoms with E-state index in [2.05, 4.69) is 22.5 Å². The van der Waals surface area contributed by atoms with Crippen molar-refractivity contribution in [2.24, 2.45) is 0 Å². The first-order chi connectivity index (χ1) is 11.5. The highest BCUT2D eigenvalue weighted by Gasteiger charge is 2.26. The van der Waals surface area contributed by atoms with Crippen LogP contribution in [0.5, 0.6) is 0 Å². The molecule has 2 aromatic carbocycles. The smallest absolute Gasteiger partial charge is 0.184 e. The van der Waals surface area contributed by atoms with Gasteiger partial charge in [-0.1, -0.05) is 40.2 Å². The van der Waals surface area contributed by atoms with Gasteiger partial charge >= 0.3 is 0 Å². The van der Waals surface area contributed by atoms with Gasteiger partial charge in [-0.05, 0) is 30.3 Å². The molecule has 3 rings (SSSR count). The maximum Gasteiger partial charge on any atom is 0.184 e. The lowest BCUT2D eigenvalue weighted by Gasteiger charge is -2.08. The van der Waals surface area contributed by atoms with Gasteiger partial charge in [-0.2, -0.15) is 0 Å². The van der Waals surface area contributed by atoms with E-state index in [9.17, 15) is 13.2 Å². The van der Waals surface area contributed by atoms with Crippen molar-refractivity contribution in [3.05, 3.63) is 71.4 Å². The highest BCUT2D eigenvalue weighted by atomic mass is 79.9. The third-order valence-electron chi connectivity index (χ3n) is 3.71. The number of para-hydroxylation sites is 1. The molecule has 4 nitrogen and oxygen atoms in total. The molecule has 122 valence electrons. The summed E-state index contributed by atoms with van der Waals surface area (Å²) in [4.78, 5) is 11.8. The molecule has 0 atom stereocenters. The van der Waals surface area contributed by atoms with Crippen molar-refractivity contribution in [1.29, 1.82) is 0 Å². The van der Waals surface area contributed by atoms with Crippen LogP contribution in [-0.4, -0.2) is 25.0 Å². The lowest BCUT2D eigenvalue weighted by Crippen LogP contribution is -2.08. The number of benzene rings is 2. The first kappa shape index (κ1) is 16.7. The minimum atomic E-state index is -3.65. The van der Waals surface area contributed by atoms with E-state index in [1.807, 2.05) is 30.3 Å². The fourth-order valence-electron chi connectivity index (χ4n) is 2.77. The maximum atomic E-state index is 12.7. The average Bonchev–Trinajstić information content (AvgIpc) is 2.90. The average molecular weight is 404 g/mol. The number of nitrogens with zero attached hydrogens (tertiary/aromatic N) is 1. The molecule has 0 unspecified atom stereocenters. The van der Waals surface area contributed by atoms with Gasteiger partial charge in [-0.25, -0.2) is 8.42 Å². The Morgan fingerprint density at radius 2 is 1.75 bits per heavy atom. The van der Waals surface area contributed by atoms with Crippen LogP contribution < -0.4 is 0 Å². The first-order valence-corrected chi connectivity index (χ1v) is 9.62. The summed E-state index contributed by atoms with van der Waals surface area (Å²) in [6.07, 6.45) is 1.92. The monoisotopic (exact) mass is 403 g/mol. The number of hydrogen-bond donors (Lipinski definition) is 0. The van der Waals surface area contributed by atoms with Crippen molar-refractivity contribution in [2.75, 3.05) is 5.75 Å². The third kappa shape index (κ3) is 2.72. The van der Waals surface area contributed by atoms with E-state index in [0.29, 0.717) is 17.2 Å². The van der Waals surface area contributed by atoms with Crippen LogP contribution in [-0.2, 0) is 9.84 Å². The summed E-state index contributed by atoms with van der Waals surface area (Å²) >= 11 is 3.38.